The zero-order valence-corrected chi connectivity index (χ0v) is 18.0. The van der Waals surface area contributed by atoms with Crippen molar-refractivity contribution in [1.82, 2.24) is 20.2 Å². The first kappa shape index (κ1) is 22.0. The Morgan fingerprint density at radius 2 is 2.00 bits per heavy atom. The van der Waals surface area contributed by atoms with Gasteiger partial charge in [-0.3, -0.25) is 4.79 Å². The van der Waals surface area contributed by atoms with Crippen LogP contribution in [0.2, 0.25) is 0 Å². The van der Waals surface area contributed by atoms with E-state index in [-0.39, 0.29) is 36.3 Å². The van der Waals surface area contributed by atoms with Crippen LogP contribution >= 0.6 is 0 Å². The second-order valence-electron chi connectivity index (χ2n) is 7.98. The highest BCUT2D eigenvalue weighted by molar-refractivity contribution is 5.94. The molecule has 0 bridgehead atoms. The number of hydrogen-bond donors (Lipinski definition) is 4. The Balaban J connectivity index is 1.55. The molecule has 2 aromatic rings. The van der Waals surface area contributed by atoms with Crippen molar-refractivity contribution in [3.05, 3.63) is 36.0 Å². The molecule has 1 aromatic carbocycles. The van der Waals surface area contributed by atoms with Crippen molar-refractivity contribution < 1.29 is 19.4 Å². The van der Waals surface area contributed by atoms with Gasteiger partial charge in [0.15, 0.2) is 5.82 Å². The van der Waals surface area contributed by atoms with Gasteiger partial charge in [0.1, 0.15) is 11.5 Å². The topological polar surface area (TPSA) is 129 Å². The molecule has 1 aromatic heterocycles. The average molecular weight is 441 g/mol. The average Bonchev–Trinajstić information content (AvgIpc) is 3.61. The number of nitrogens with one attached hydrogen (secondary N) is 3. The summed E-state index contributed by atoms with van der Waals surface area (Å²) in [7, 11) is 0. The van der Waals surface area contributed by atoms with Gasteiger partial charge in [-0.1, -0.05) is 0 Å². The number of aliphatic hydroxyl groups excluding tert-OH is 1. The van der Waals surface area contributed by atoms with Crippen LogP contribution in [0, 0.1) is 0 Å². The monoisotopic (exact) mass is 440 g/mol. The third-order valence-electron chi connectivity index (χ3n) is 5.31. The molecule has 4 rings (SSSR count). The zero-order chi connectivity index (χ0) is 22.5. The summed E-state index contributed by atoms with van der Waals surface area (Å²) >= 11 is 0. The van der Waals surface area contributed by atoms with E-state index in [0.717, 1.165) is 12.8 Å². The molecule has 1 aliphatic carbocycles. The van der Waals surface area contributed by atoms with Gasteiger partial charge >= 0.3 is 6.03 Å². The molecule has 1 aliphatic heterocycles. The van der Waals surface area contributed by atoms with Gasteiger partial charge in [0, 0.05) is 36.4 Å². The minimum atomic E-state index is -0.223. The number of urea groups is 1. The molecule has 10 nitrogen and oxygen atoms in total. The number of ether oxygens (including phenoxy) is 1. The fraction of sp³-hybridized carbons (Fsp3) is 0.455. The summed E-state index contributed by atoms with van der Waals surface area (Å²) in [6, 6.07) is 8.74. The van der Waals surface area contributed by atoms with Crippen LogP contribution in [-0.2, 0) is 4.74 Å². The maximum atomic E-state index is 13.1. The van der Waals surface area contributed by atoms with Crippen LogP contribution in [0.5, 0.6) is 0 Å². The molecule has 0 unspecified atom stereocenters. The number of carbonyl (C=O) groups excluding carboxylic acids is 2. The molecule has 32 heavy (non-hydrogen) atoms. The Kier molecular flexibility index (Phi) is 6.81. The number of anilines is 2. The Morgan fingerprint density at radius 3 is 2.69 bits per heavy atom. The fourth-order valence-electron chi connectivity index (χ4n) is 3.42. The third-order valence-corrected chi connectivity index (χ3v) is 5.31. The number of morpholine rings is 1. The first-order valence-electron chi connectivity index (χ1n) is 10.8. The molecule has 170 valence electrons. The molecule has 0 radical (unpaired) electrons. The standard InChI is InChI=1S/C22H28N6O4/c1-14-13-32-11-9-28(14)21(30)18-12-19(23-8-10-29)27-20(26-18)15-2-4-16(5-3-15)24-22(31)25-17-6-7-17/h2-5,12,14,17,29H,6-11,13H2,1H3,(H,23,26,27)(H2,24,25,31)/t14-/m0/s1. The van der Waals surface area contributed by atoms with Crippen LogP contribution in [0.25, 0.3) is 11.4 Å². The Labute approximate surface area is 186 Å². The summed E-state index contributed by atoms with van der Waals surface area (Å²) in [5.41, 5.74) is 1.63. The number of carbonyl (C=O) groups is 2. The van der Waals surface area contributed by atoms with Gasteiger partial charge in [-0.25, -0.2) is 14.8 Å². The van der Waals surface area contributed by atoms with Crippen molar-refractivity contribution in [2.75, 3.05) is 43.5 Å². The minimum Gasteiger partial charge on any atom is -0.395 e. The van der Waals surface area contributed by atoms with E-state index in [1.807, 2.05) is 6.92 Å². The zero-order valence-electron chi connectivity index (χ0n) is 18.0. The van der Waals surface area contributed by atoms with Gasteiger partial charge in [-0.15, -0.1) is 0 Å². The first-order valence-corrected chi connectivity index (χ1v) is 10.8. The second-order valence-corrected chi connectivity index (χ2v) is 7.98. The fourth-order valence-corrected chi connectivity index (χ4v) is 3.42. The maximum absolute atomic E-state index is 13.1. The van der Waals surface area contributed by atoms with Crippen molar-refractivity contribution >= 4 is 23.4 Å². The van der Waals surface area contributed by atoms with Crippen LogP contribution < -0.4 is 16.0 Å². The number of benzene rings is 1. The molecular weight excluding hydrogens is 412 g/mol. The molecule has 0 spiro atoms. The first-order chi connectivity index (χ1) is 15.5. The van der Waals surface area contributed by atoms with E-state index in [9.17, 15) is 9.59 Å². The lowest BCUT2D eigenvalue weighted by Gasteiger charge is -2.33. The summed E-state index contributed by atoms with van der Waals surface area (Å²) in [4.78, 5) is 35.8. The lowest BCUT2D eigenvalue weighted by Crippen LogP contribution is -2.47. The Hall–Kier alpha value is -3.24. The molecule has 2 aliphatic rings. The van der Waals surface area contributed by atoms with E-state index in [0.29, 0.717) is 49.2 Å². The van der Waals surface area contributed by atoms with Gasteiger partial charge in [0.05, 0.1) is 25.9 Å². The maximum Gasteiger partial charge on any atom is 0.319 e. The molecular formula is C22H28N6O4. The molecule has 3 amide bonds. The molecule has 10 heteroatoms. The van der Waals surface area contributed by atoms with Gasteiger partial charge in [-0.2, -0.15) is 0 Å². The van der Waals surface area contributed by atoms with Crippen molar-refractivity contribution in [2.45, 2.75) is 31.8 Å². The largest absolute Gasteiger partial charge is 0.395 e. The SMILES string of the molecule is C[C@H]1COCCN1C(=O)c1cc(NCCO)nc(-c2ccc(NC(=O)NC3CC3)cc2)n1. The summed E-state index contributed by atoms with van der Waals surface area (Å²) in [6.07, 6.45) is 2.04. The van der Waals surface area contributed by atoms with Crippen molar-refractivity contribution in [3.8, 4) is 11.4 Å². The van der Waals surface area contributed by atoms with Crippen LogP contribution in [0.1, 0.15) is 30.3 Å². The second kappa shape index (κ2) is 9.92. The molecule has 1 saturated carbocycles. The Bertz CT molecular complexity index is 963. The van der Waals surface area contributed by atoms with E-state index in [1.54, 1.807) is 35.2 Å². The smallest absolute Gasteiger partial charge is 0.319 e. The highest BCUT2D eigenvalue weighted by atomic mass is 16.5. The molecule has 2 fully saturated rings. The van der Waals surface area contributed by atoms with Crippen LogP contribution in [0.15, 0.2) is 30.3 Å². The van der Waals surface area contributed by atoms with Crippen LogP contribution in [0.3, 0.4) is 0 Å². The quantitative estimate of drug-likeness (QED) is 0.516. The lowest BCUT2D eigenvalue weighted by atomic mass is 10.1. The number of aliphatic hydroxyl groups is 1. The Morgan fingerprint density at radius 1 is 1.22 bits per heavy atom. The number of amides is 3. The van der Waals surface area contributed by atoms with Gasteiger partial charge in [0.2, 0.25) is 0 Å². The summed E-state index contributed by atoms with van der Waals surface area (Å²) in [5, 5.41) is 17.9. The van der Waals surface area contributed by atoms with E-state index in [4.69, 9.17) is 9.84 Å². The molecule has 4 N–H and O–H groups in total. The highest BCUT2D eigenvalue weighted by Crippen LogP contribution is 2.23. The summed E-state index contributed by atoms with van der Waals surface area (Å²) < 4.78 is 5.43. The summed E-state index contributed by atoms with van der Waals surface area (Å²) in [6.45, 7) is 3.66. The predicted octanol–water partition coefficient (Wildman–Crippen LogP) is 1.69. The van der Waals surface area contributed by atoms with Crippen LogP contribution in [0.4, 0.5) is 16.3 Å². The van der Waals surface area contributed by atoms with E-state index in [1.165, 1.54) is 0 Å². The van der Waals surface area contributed by atoms with Crippen molar-refractivity contribution in [3.63, 3.8) is 0 Å². The van der Waals surface area contributed by atoms with Crippen molar-refractivity contribution in [2.24, 2.45) is 0 Å². The van der Waals surface area contributed by atoms with Gasteiger partial charge < -0.3 is 30.7 Å². The van der Waals surface area contributed by atoms with Crippen LogP contribution in [-0.4, -0.2) is 76.9 Å². The number of nitrogens with zero attached hydrogens (tertiary/aromatic N) is 3. The predicted molar refractivity (Wildman–Crippen MR) is 120 cm³/mol. The lowest BCUT2D eigenvalue weighted by molar-refractivity contribution is 0.00327. The van der Waals surface area contributed by atoms with Gasteiger partial charge in [0.25, 0.3) is 5.91 Å². The minimum absolute atomic E-state index is 0.0457. The van der Waals surface area contributed by atoms with Crippen molar-refractivity contribution in [1.29, 1.82) is 0 Å². The van der Waals surface area contributed by atoms with E-state index in [2.05, 4.69) is 25.9 Å². The number of aromatic nitrogens is 2. The highest BCUT2D eigenvalue weighted by Gasteiger charge is 2.27. The molecule has 1 atom stereocenters. The summed E-state index contributed by atoms with van der Waals surface area (Å²) in [5.74, 6) is 0.650. The molecule has 1 saturated heterocycles. The third kappa shape index (κ3) is 5.51. The van der Waals surface area contributed by atoms with E-state index >= 15 is 0 Å². The number of hydrogen-bond acceptors (Lipinski definition) is 7. The van der Waals surface area contributed by atoms with Gasteiger partial charge in [-0.05, 0) is 44.0 Å². The van der Waals surface area contributed by atoms with E-state index < -0.39 is 0 Å². The normalized spacial score (nSPS) is 18.2. The number of rotatable bonds is 7. The molecule has 2 heterocycles.